The second-order valence-corrected chi connectivity index (χ2v) is 6.75. The molecule has 0 aromatic heterocycles. The SMILES string of the molecule is CCCCN(CCCC1=CNC(=NC=N)C1)C(=O)OC(C)(C)CC. The number of carbonyl (C=O) groups excluding carboxylic acids is 1. The van der Waals surface area contributed by atoms with Crippen LogP contribution >= 0.6 is 0 Å². The summed E-state index contributed by atoms with van der Waals surface area (Å²) < 4.78 is 5.63. The van der Waals surface area contributed by atoms with E-state index in [4.69, 9.17) is 10.1 Å². The minimum Gasteiger partial charge on any atom is -0.443 e. The summed E-state index contributed by atoms with van der Waals surface area (Å²) in [5.74, 6) is 0.812. The van der Waals surface area contributed by atoms with E-state index < -0.39 is 5.60 Å². The molecule has 0 aromatic rings. The van der Waals surface area contributed by atoms with Crippen LogP contribution in [0, 0.1) is 5.41 Å². The van der Waals surface area contributed by atoms with E-state index in [0.29, 0.717) is 6.54 Å². The molecule has 0 unspecified atom stereocenters. The minimum absolute atomic E-state index is 0.208. The maximum Gasteiger partial charge on any atom is 0.410 e. The first-order valence-electron chi connectivity index (χ1n) is 8.89. The molecule has 0 fully saturated rings. The third kappa shape index (κ3) is 7.15. The van der Waals surface area contributed by atoms with E-state index in [0.717, 1.165) is 57.2 Å². The summed E-state index contributed by atoms with van der Waals surface area (Å²) in [5.41, 5.74) is 0.839. The van der Waals surface area contributed by atoms with Gasteiger partial charge in [-0.2, -0.15) is 0 Å². The van der Waals surface area contributed by atoms with E-state index in [1.54, 1.807) is 0 Å². The zero-order valence-corrected chi connectivity index (χ0v) is 15.5. The molecule has 1 rings (SSSR count). The standard InChI is InChI=1S/C18H32N4O2/c1-5-7-10-22(17(23)24-18(3,4)6-2)11-8-9-15-12-16(20-13-15)21-14-19/h13-14H,5-12H2,1-4H3,(H2,19,20,21). The lowest BCUT2D eigenvalue weighted by molar-refractivity contribution is 0.0110. The third-order valence-electron chi connectivity index (χ3n) is 4.24. The van der Waals surface area contributed by atoms with Crippen molar-refractivity contribution < 1.29 is 9.53 Å². The van der Waals surface area contributed by atoms with Crippen LogP contribution in [0.4, 0.5) is 4.79 Å². The Morgan fingerprint density at radius 3 is 2.75 bits per heavy atom. The van der Waals surface area contributed by atoms with Gasteiger partial charge < -0.3 is 15.0 Å². The Labute approximate surface area is 145 Å². The molecule has 0 spiro atoms. The van der Waals surface area contributed by atoms with E-state index in [9.17, 15) is 4.79 Å². The fraction of sp³-hybridized carbons (Fsp3) is 0.722. The van der Waals surface area contributed by atoms with Gasteiger partial charge in [-0.25, -0.2) is 9.79 Å². The summed E-state index contributed by atoms with van der Waals surface area (Å²) in [4.78, 5) is 18.2. The van der Waals surface area contributed by atoms with Crippen LogP contribution in [0.25, 0.3) is 0 Å². The molecule has 0 aliphatic carbocycles. The van der Waals surface area contributed by atoms with Gasteiger partial charge in [0.1, 0.15) is 17.8 Å². The summed E-state index contributed by atoms with van der Waals surface area (Å²) in [6, 6.07) is 0. The quantitative estimate of drug-likeness (QED) is 0.466. The Hall–Kier alpha value is -1.85. The molecule has 0 aromatic carbocycles. The van der Waals surface area contributed by atoms with Crippen LogP contribution in [0.5, 0.6) is 0 Å². The predicted octanol–water partition coefficient (Wildman–Crippen LogP) is 4.08. The summed E-state index contributed by atoms with van der Waals surface area (Å²) in [7, 11) is 0. The van der Waals surface area contributed by atoms with Crippen molar-refractivity contribution in [1.82, 2.24) is 10.2 Å². The predicted molar refractivity (Wildman–Crippen MR) is 98.6 cm³/mol. The number of amidine groups is 1. The fourth-order valence-corrected chi connectivity index (χ4v) is 2.34. The second-order valence-electron chi connectivity index (χ2n) is 6.75. The zero-order chi connectivity index (χ0) is 18.0. The Morgan fingerprint density at radius 1 is 1.42 bits per heavy atom. The molecule has 1 aliphatic rings. The van der Waals surface area contributed by atoms with Crippen LogP contribution in [-0.4, -0.2) is 41.9 Å². The van der Waals surface area contributed by atoms with Crippen molar-refractivity contribution in [3.05, 3.63) is 11.8 Å². The highest BCUT2D eigenvalue weighted by atomic mass is 16.6. The van der Waals surface area contributed by atoms with Crippen molar-refractivity contribution in [3.63, 3.8) is 0 Å². The highest BCUT2D eigenvalue weighted by Gasteiger charge is 2.24. The molecular weight excluding hydrogens is 304 g/mol. The summed E-state index contributed by atoms with van der Waals surface area (Å²) in [6.45, 7) is 9.49. The first-order chi connectivity index (χ1) is 11.4. The first kappa shape index (κ1) is 20.2. The van der Waals surface area contributed by atoms with E-state index in [1.807, 2.05) is 31.9 Å². The molecule has 24 heavy (non-hydrogen) atoms. The highest BCUT2D eigenvalue weighted by molar-refractivity contribution is 5.92. The Balaban J connectivity index is 2.47. The molecule has 0 bridgehead atoms. The average Bonchev–Trinajstić information content (AvgIpc) is 2.98. The Bertz CT molecular complexity index is 483. The smallest absolute Gasteiger partial charge is 0.410 e. The summed E-state index contributed by atoms with van der Waals surface area (Å²) >= 11 is 0. The van der Waals surface area contributed by atoms with Gasteiger partial charge in [-0.15, -0.1) is 0 Å². The van der Waals surface area contributed by atoms with Gasteiger partial charge in [-0.05, 0) is 45.1 Å². The molecule has 2 N–H and O–H groups in total. The molecule has 6 heteroatoms. The van der Waals surface area contributed by atoms with Crippen molar-refractivity contribution in [2.45, 2.75) is 71.8 Å². The van der Waals surface area contributed by atoms with Crippen LogP contribution in [0.15, 0.2) is 16.8 Å². The molecule has 0 radical (unpaired) electrons. The number of nitrogens with zero attached hydrogens (tertiary/aromatic N) is 2. The average molecular weight is 336 g/mol. The monoisotopic (exact) mass is 336 g/mol. The second kappa shape index (κ2) is 10.1. The van der Waals surface area contributed by atoms with Gasteiger partial charge >= 0.3 is 6.09 Å². The maximum atomic E-state index is 12.4. The molecule has 0 saturated heterocycles. The van der Waals surface area contributed by atoms with Gasteiger partial charge in [-0.1, -0.05) is 20.3 Å². The molecule has 0 saturated carbocycles. The van der Waals surface area contributed by atoms with Crippen molar-refractivity contribution in [2.24, 2.45) is 4.99 Å². The van der Waals surface area contributed by atoms with Gasteiger partial charge in [-0.3, -0.25) is 5.41 Å². The van der Waals surface area contributed by atoms with Gasteiger partial charge in [0, 0.05) is 25.7 Å². The number of amides is 1. The normalized spacial score (nSPS) is 15.8. The van der Waals surface area contributed by atoms with E-state index in [-0.39, 0.29) is 6.09 Å². The van der Waals surface area contributed by atoms with Gasteiger partial charge in [0.15, 0.2) is 0 Å². The summed E-state index contributed by atoms with van der Waals surface area (Å²) in [5, 5.41) is 10.1. The lowest BCUT2D eigenvalue weighted by Gasteiger charge is -2.29. The molecule has 1 heterocycles. The Kier molecular flexibility index (Phi) is 8.50. The number of rotatable bonds is 10. The van der Waals surface area contributed by atoms with Crippen molar-refractivity contribution in [1.29, 1.82) is 5.41 Å². The molecule has 0 atom stereocenters. The van der Waals surface area contributed by atoms with E-state index in [1.165, 1.54) is 5.57 Å². The minimum atomic E-state index is -0.419. The largest absolute Gasteiger partial charge is 0.443 e. The van der Waals surface area contributed by atoms with Gasteiger partial charge in [0.05, 0.1) is 0 Å². The van der Waals surface area contributed by atoms with Gasteiger partial charge in [0.25, 0.3) is 0 Å². The van der Waals surface area contributed by atoms with Crippen LogP contribution in [0.1, 0.15) is 66.2 Å². The highest BCUT2D eigenvalue weighted by Crippen LogP contribution is 2.18. The molecule has 6 nitrogen and oxygen atoms in total. The number of unbranched alkanes of at least 4 members (excludes halogenated alkanes) is 1. The van der Waals surface area contributed by atoms with E-state index >= 15 is 0 Å². The van der Waals surface area contributed by atoms with Crippen LogP contribution in [0.3, 0.4) is 0 Å². The molecule has 1 amide bonds. The van der Waals surface area contributed by atoms with Crippen LogP contribution in [-0.2, 0) is 4.74 Å². The molecule has 1 aliphatic heterocycles. The lowest BCUT2D eigenvalue weighted by atomic mass is 10.1. The van der Waals surface area contributed by atoms with Gasteiger partial charge in [0.2, 0.25) is 0 Å². The number of nitrogens with one attached hydrogen (secondary N) is 2. The van der Waals surface area contributed by atoms with Crippen molar-refractivity contribution >= 4 is 18.3 Å². The topological polar surface area (TPSA) is 77.8 Å². The summed E-state index contributed by atoms with van der Waals surface area (Å²) in [6.07, 6.45) is 8.22. The number of carbonyl (C=O) groups is 1. The first-order valence-corrected chi connectivity index (χ1v) is 8.89. The Morgan fingerprint density at radius 2 is 2.12 bits per heavy atom. The number of hydrogen-bond acceptors (Lipinski definition) is 3. The van der Waals surface area contributed by atoms with Crippen LogP contribution in [0.2, 0.25) is 0 Å². The zero-order valence-electron chi connectivity index (χ0n) is 15.5. The maximum absolute atomic E-state index is 12.4. The van der Waals surface area contributed by atoms with Crippen LogP contribution < -0.4 is 5.32 Å². The van der Waals surface area contributed by atoms with E-state index in [2.05, 4.69) is 17.2 Å². The number of aliphatic imine (C=N–C) groups is 1. The molecule has 136 valence electrons. The number of ether oxygens (including phenoxy) is 1. The molecular formula is C18H32N4O2. The number of hydrogen-bond donors (Lipinski definition) is 2. The third-order valence-corrected chi connectivity index (χ3v) is 4.24. The van der Waals surface area contributed by atoms with Crippen molar-refractivity contribution in [2.75, 3.05) is 13.1 Å². The lowest BCUT2D eigenvalue weighted by Crippen LogP contribution is -2.39. The fourth-order valence-electron chi connectivity index (χ4n) is 2.34. The van der Waals surface area contributed by atoms with Crippen molar-refractivity contribution in [3.8, 4) is 0 Å².